The fourth-order valence-electron chi connectivity index (χ4n) is 3.31. The van der Waals surface area contributed by atoms with Crippen LogP contribution in [0.1, 0.15) is 42.7 Å². The summed E-state index contributed by atoms with van der Waals surface area (Å²) in [5, 5.41) is 13.1. The van der Waals surface area contributed by atoms with E-state index in [4.69, 9.17) is 0 Å². The minimum atomic E-state index is -1.12. The molecule has 2 aliphatic rings. The minimum Gasteiger partial charge on any atom is -0.386 e. The van der Waals surface area contributed by atoms with Crippen LogP contribution >= 0.6 is 0 Å². The zero-order valence-corrected chi connectivity index (χ0v) is 12.0. The van der Waals surface area contributed by atoms with Crippen molar-refractivity contribution < 1.29 is 19.5 Å². The summed E-state index contributed by atoms with van der Waals surface area (Å²) in [6.45, 7) is 0. The van der Waals surface area contributed by atoms with Crippen LogP contribution < -0.4 is 5.32 Å². The molecule has 0 fully saturated rings. The summed E-state index contributed by atoms with van der Waals surface area (Å²) < 4.78 is 0. The normalized spacial score (nSPS) is 23.3. The van der Waals surface area contributed by atoms with E-state index < -0.39 is 18.2 Å². The van der Waals surface area contributed by atoms with E-state index >= 15 is 0 Å². The lowest BCUT2D eigenvalue weighted by molar-refractivity contribution is 0.0749. The average Bonchev–Trinajstić information content (AvgIpc) is 2.97. The predicted molar refractivity (Wildman–Crippen MR) is 81.5 cm³/mol. The van der Waals surface area contributed by atoms with Gasteiger partial charge >= 0.3 is 0 Å². The Hall–Kier alpha value is -2.63. The van der Waals surface area contributed by atoms with Gasteiger partial charge in [0.2, 0.25) is 0 Å². The number of Topliss-reactive ketones (excluding diaryl/α,β-unsaturated/α-hetero) is 3. The summed E-state index contributed by atoms with van der Waals surface area (Å²) in [6, 6.07) is 11.2. The van der Waals surface area contributed by atoms with E-state index in [-0.39, 0.29) is 17.3 Å². The molecule has 2 unspecified atom stereocenters. The van der Waals surface area contributed by atoms with Crippen LogP contribution in [0.15, 0.2) is 48.5 Å². The summed E-state index contributed by atoms with van der Waals surface area (Å²) in [5.41, 5.74) is 1.65. The van der Waals surface area contributed by atoms with Crippen LogP contribution in [0.2, 0.25) is 0 Å². The second-order valence-electron chi connectivity index (χ2n) is 5.75. The molecule has 2 aromatic rings. The smallest absolute Gasteiger partial charge is 0.188 e. The largest absolute Gasteiger partial charge is 0.386 e. The van der Waals surface area contributed by atoms with Gasteiger partial charge in [0.1, 0.15) is 18.2 Å². The highest BCUT2D eigenvalue weighted by Gasteiger charge is 2.45. The Morgan fingerprint density at radius 2 is 1.26 bits per heavy atom. The van der Waals surface area contributed by atoms with Crippen LogP contribution in [0.5, 0.6) is 0 Å². The van der Waals surface area contributed by atoms with Crippen LogP contribution in [0.25, 0.3) is 0 Å². The highest BCUT2D eigenvalue weighted by atomic mass is 16.3. The average molecular weight is 307 g/mol. The van der Waals surface area contributed by atoms with E-state index in [9.17, 15) is 19.5 Å². The van der Waals surface area contributed by atoms with Crippen molar-refractivity contribution in [3.63, 3.8) is 0 Å². The Labute approximate surface area is 131 Å². The molecule has 0 spiro atoms. The summed E-state index contributed by atoms with van der Waals surface area (Å²) in [4.78, 5) is 37.2. The van der Waals surface area contributed by atoms with Gasteiger partial charge in [0.25, 0.3) is 0 Å². The number of carbonyl (C=O) groups is 3. The maximum absolute atomic E-state index is 12.4. The second kappa shape index (κ2) is 4.94. The fourth-order valence-corrected chi connectivity index (χ4v) is 3.31. The first kappa shape index (κ1) is 14.0. The topological polar surface area (TPSA) is 83.5 Å². The van der Waals surface area contributed by atoms with Crippen LogP contribution in [0, 0.1) is 0 Å². The number of rotatable bonds is 2. The molecule has 2 atom stereocenters. The van der Waals surface area contributed by atoms with Crippen molar-refractivity contribution in [1.29, 1.82) is 0 Å². The SMILES string of the molecule is O=C1c2ccccc2C(=O)C1NC1C(=O)c2ccccc2C1O. The number of hydrogen-bond acceptors (Lipinski definition) is 5. The summed E-state index contributed by atoms with van der Waals surface area (Å²) in [5.74, 6) is -1.02. The van der Waals surface area contributed by atoms with E-state index in [0.29, 0.717) is 22.3 Å². The molecule has 0 saturated carbocycles. The van der Waals surface area contributed by atoms with E-state index in [0.717, 1.165) is 0 Å². The monoisotopic (exact) mass is 307 g/mol. The molecular weight excluding hydrogens is 294 g/mol. The highest BCUT2D eigenvalue weighted by Crippen LogP contribution is 2.32. The number of benzene rings is 2. The van der Waals surface area contributed by atoms with Gasteiger partial charge in [-0.3, -0.25) is 19.7 Å². The van der Waals surface area contributed by atoms with Gasteiger partial charge in [0.05, 0.1) is 0 Å². The maximum Gasteiger partial charge on any atom is 0.188 e. The van der Waals surface area contributed by atoms with Gasteiger partial charge in [-0.15, -0.1) is 0 Å². The van der Waals surface area contributed by atoms with E-state index in [1.807, 2.05) is 0 Å². The first-order chi connectivity index (χ1) is 11.1. The molecule has 2 aromatic carbocycles. The molecule has 5 nitrogen and oxygen atoms in total. The molecule has 0 heterocycles. The molecular formula is C18H13NO4. The molecule has 114 valence electrons. The first-order valence-corrected chi connectivity index (χ1v) is 7.34. The van der Waals surface area contributed by atoms with Crippen molar-refractivity contribution in [2.45, 2.75) is 18.2 Å². The highest BCUT2D eigenvalue weighted by molar-refractivity contribution is 6.29. The summed E-state index contributed by atoms with van der Waals surface area (Å²) in [6.07, 6.45) is -1.07. The number of carbonyl (C=O) groups excluding carboxylic acids is 3. The number of aliphatic hydroxyl groups excluding tert-OH is 1. The van der Waals surface area contributed by atoms with Crippen molar-refractivity contribution in [2.75, 3.05) is 0 Å². The lowest BCUT2D eigenvalue weighted by Gasteiger charge is -2.19. The third kappa shape index (κ3) is 1.91. The maximum atomic E-state index is 12.4. The zero-order valence-electron chi connectivity index (χ0n) is 12.0. The third-order valence-electron chi connectivity index (χ3n) is 4.47. The Morgan fingerprint density at radius 3 is 1.83 bits per heavy atom. The second-order valence-corrected chi connectivity index (χ2v) is 5.75. The van der Waals surface area contributed by atoms with Gasteiger partial charge in [-0.05, 0) is 5.56 Å². The molecule has 23 heavy (non-hydrogen) atoms. The molecule has 0 aliphatic heterocycles. The number of nitrogens with one attached hydrogen (secondary N) is 1. The first-order valence-electron chi connectivity index (χ1n) is 7.34. The Kier molecular flexibility index (Phi) is 3.01. The predicted octanol–water partition coefficient (Wildman–Crippen LogP) is 1.32. The van der Waals surface area contributed by atoms with E-state index in [1.54, 1.807) is 48.5 Å². The van der Waals surface area contributed by atoms with Crippen molar-refractivity contribution in [3.05, 3.63) is 70.8 Å². The zero-order chi connectivity index (χ0) is 16.1. The molecule has 0 bridgehead atoms. The van der Waals surface area contributed by atoms with Gasteiger partial charge < -0.3 is 5.11 Å². The van der Waals surface area contributed by atoms with Gasteiger partial charge in [0.15, 0.2) is 17.3 Å². The standard InChI is InChI=1S/C18H13NO4/c20-15-9-5-1-2-6-10(9)16(21)13(15)19-14-17(22)11-7-3-4-8-12(11)18(14)23/h1-8,13-15,19-20H. The number of fused-ring (bicyclic) bond motifs is 2. The van der Waals surface area contributed by atoms with Crippen molar-refractivity contribution in [1.82, 2.24) is 5.32 Å². The van der Waals surface area contributed by atoms with Crippen LogP contribution in [0.3, 0.4) is 0 Å². The lowest BCUT2D eigenvalue weighted by atomic mass is 10.1. The molecule has 4 rings (SSSR count). The quantitative estimate of drug-likeness (QED) is 0.818. The van der Waals surface area contributed by atoms with Gasteiger partial charge in [0, 0.05) is 16.7 Å². The van der Waals surface area contributed by atoms with Gasteiger partial charge in [-0.1, -0.05) is 48.5 Å². The summed E-state index contributed by atoms with van der Waals surface area (Å²) in [7, 11) is 0. The Bertz CT molecular complexity index is 823. The summed E-state index contributed by atoms with van der Waals surface area (Å²) >= 11 is 0. The Morgan fingerprint density at radius 1 is 0.739 bits per heavy atom. The number of ketones is 3. The molecule has 0 saturated heterocycles. The van der Waals surface area contributed by atoms with Crippen molar-refractivity contribution in [2.24, 2.45) is 0 Å². The molecule has 5 heteroatoms. The third-order valence-corrected chi connectivity index (χ3v) is 4.47. The lowest BCUT2D eigenvalue weighted by Crippen LogP contribution is -2.49. The van der Waals surface area contributed by atoms with Gasteiger partial charge in [-0.2, -0.15) is 0 Å². The van der Waals surface area contributed by atoms with Crippen molar-refractivity contribution >= 4 is 17.3 Å². The minimum absolute atomic E-state index is 0.301. The van der Waals surface area contributed by atoms with Gasteiger partial charge in [-0.25, -0.2) is 0 Å². The van der Waals surface area contributed by atoms with Crippen LogP contribution in [-0.4, -0.2) is 34.5 Å². The number of hydrogen-bond donors (Lipinski definition) is 2. The molecule has 0 radical (unpaired) electrons. The van der Waals surface area contributed by atoms with Crippen molar-refractivity contribution in [3.8, 4) is 0 Å². The molecule has 2 aliphatic carbocycles. The molecule has 2 N–H and O–H groups in total. The fraction of sp³-hybridized carbons (Fsp3) is 0.167. The van der Waals surface area contributed by atoms with Crippen LogP contribution in [-0.2, 0) is 0 Å². The van der Waals surface area contributed by atoms with Crippen LogP contribution in [0.4, 0.5) is 0 Å². The van der Waals surface area contributed by atoms with E-state index in [1.165, 1.54) is 0 Å². The molecule has 0 amide bonds. The Balaban J connectivity index is 1.65. The number of aliphatic hydroxyl groups is 1. The van der Waals surface area contributed by atoms with E-state index in [2.05, 4.69) is 5.32 Å². The molecule has 0 aromatic heterocycles.